The number of carbonyl (C=O) groups is 1. The number of nitrogens with zero attached hydrogens (tertiary/aromatic N) is 1. The van der Waals surface area contributed by atoms with Gasteiger partial charge in [-0.1, -0.05) is 0 Å². The van der Waals surface area contributed by atoms with E-state index in [1.165, 1.54) is 6.07 Å². The van der Waals surface area contributed by atoms with E-state index in [9.17, 15) is 13.6 Å². The van der Waals surface area contributed by atoms with Crippen molar-refractivity contribution in [3.05, 3.63) is 34.4 Å². The van der Waals surface area contributed by atoms with E-state index in [1.807, 2.05) is 0 Å². The van der Waals surface area contributed by atoms with Crippen LogP contribution in [0, 0.1) is 11.3 Å². The van der Waals surface area contributed by atoms with E-state index in [0.29, 0.717) is 0 Å². The van der Waals surface area contributed by atoms with E-state index in [0.717, 1.165) is 13.2 Å². The van der Waals surface area contributed by atoms with Gasteiger partial charge < -0.3 is 10.5 Å². The molecular formula is C11H10F2N2O2. The Kier molecular flexibility index (Phi) is 4.12. The number of nitrogens with two attached hydrogens (primary N) is 1. The smallest absolute Gasteiger partial charge is 0.339 e. The van der Waals surface area contributed by atoms with Crippen molar-refractivity contribution in [1.82, 2.24) is 0 Å². The fraction of sp³-hybridized carbons (Fsp3) is 0.273. The van der Waals surface area contributed by atoms with Gasteiger partial charge in [-0.15, -0.1) is 0 Å². The molecule has 0 saturated carbocycles. The molecule has 0 aliphatic rings. The molecule has 0 heterocycles. The standard InChI is InChI=1S/C11H10F2N2O2/c1-17-11(16)9-3-6(4-14)8(10(12)13)2-7(9)5-15/h2-3,10H,4,14H2,1H3. The molecule has 90 valence electrons. The summed E-state index contributed by atoms with van der Waals surface area (Å²) in [5, 5.41) is 8.80. The molecule has 0 spiro atoms. The van der Waals surface area contributed by atoms with Crippen molar-refractivity contribution in [2.24, 2.45) is 5.73 Å². The lowest BCUT2D eigenvalue weighted by atomic mass is 9.99. The molecule has 6 heteroatoms. The number of rotatable bonds is 3. The second-order valence-corrected chi connectivity index (χ2v) is 3.20. The van der Waals surface area contributed by atoms with Crippen LogP contribution >= 0.6 is 0 Å². The monoisotopic (exact) mass is 240 g/mol. The van der Waals surface area contributed by atoms with Crippen LogP contribution in [-0.2, 0) is 11.3 Å². The third kappa shape index (κ3) is 2.57. The molecule has 0 fully saturated rings. The van der Waals surface area contributed by atoms with Crippen LogP contribution in [0.5, 0.6) is 0 Å². The maximum Gasteiger partial charge on any atom is 0.339 e. The molecule has 0 radical (unpaired) electrons. The Balaban J connectivity index is 3.44. The van der Waals surface area contributed by atoms with Gasteiger partial charge in [0.1, 0.15) is 6.07 Å². The van der Waals surface area contributed by atoms with Crippen LogP contribution in [0.25, 0.3) is 0 Å². The van der Waals surface area contributed by atoms with Crippen molar-refractivity contribution in [3.8, 4) is 6.07 Å². The second kappa shape index (κ2) is 5.37. The average Bonchev–Trinajstić information content (AvgIpc) is 2.35. The van der Waals surface area contributed by atoms with Gasteiger partial charge in [0.25, 0.3) is 6.43 Å². The van der Waals surface area contributed by atoms with Crippen LogP contribution in [0.2, 0.25) is 0 Å². The first kappa shape index (κ1) is 13.1. The number of ether oxygens (including phenoxy) is 1. The normalized spacial score (nSPS) is 10.1. The van der Waals surface area contributed by atoms with E-state index in [-0.39, 0.29) is 28.8 Å². The summed E-state index contributed by atoms with van der Waals surface area (Å²) in [6.45, 7) is -0.143. The van der Waals surface area contributed by atoms with E-state index in [4.69, 9.17) is 11.0 Å². The Morgan fingerprint density at radius 1 is 1.59 bits per heavy atom. The highest BCUT2D eigenvalue weighted by atomic mass is 19.3. The molecule has 0 atom stereocenters. The molecule has 1 rings (SSSR count). The van der Waals surface area contributed by atoms with Crippen molar-refractivity contribution >= 4 is 5.97 Å². The Labute approximate surface area is 96.6 Å². The maximum atomic E-state index is 12.7. The summed E-state index contributed by atoms with van der Waals surface area (Å²) in [7, 11) is 1.15. The number of halogens is 2. The van der Waals surface area contributed by atoms with Crippen LogP contribution in [0.4, 0.5) is 8.78 Å². The highest BCUT2D eigenvalue weighted by molar-refractivity contribution is 5.92. The minimum absolute atomic E-state index is 0.0557. The highest BCUT2D eigenvalue weighted by Gasteiger charge is 2.19. The van der Waals surface area contributed by atoms with Crippen LogP contribution < -0.4 is 5.73 Å². The second-order valence-electron chi connectivity index (χ2n) is 3.20. The molecule has 1 aromatic carbocycles. The van der Waals surface area contributed by atoms with Crippen LogP contribution in [0.15, 0.2) is 12.1 Å². The van der Waals surface area contributed by atoms with Crippen molar-refractivity contribution in [1.29, 1.82) is 5.26 Å². The van der Waals surface area contributed by atoms with Gasteiger partial charge in [-0.05, 0) is 17.7 Å². The molecule has 17 heavy (non-hydrogen) atoms. The summed E-state index contributed by atoms with van der Waals surface area (Å²) in [4.78, 5) is 11.3. The van der Waals surface area contributed by atoms with Crippen molar-refractivity contribution < 1.29 is 18.3 Å². The zero-order chi connectivity index (χ0) is 13.0. The quantitative estimate of drug-likeness (QED) is 0.816. The zero-order valence-corrected chi connectivity index (χ0v) is 9.04. The van der Waals surface area contributed by atoms with Crippen molar-refractivity contribution in [2.75, 3.05) is 7.11 Å². The van der Waals surface area contributed by atoms with Crippen LogP contribution in [0.1, 0.15) is 33.5 Å². The van der Waals surface area contributed by atoms with Gasteiger partial charge in [0, 0.05) is 12.1 Å². The van der Waals surface area contributed by atoms with E-state index >= 15 is 0 Å². The molecule has 4 nitrogen and oxygen atoms in total. The summed E-state index contributed by atoms with van der Waals surface area (Å²) < 4.78 is 29.8. The van der Waals surface area contributed by atoms with Crippen molar-refractivity contribution in [3.63, 3.8) is 0 Å². The number of hydrogen-bond donors (Lipinski definition) is 1. The third-order valence-electron chi connectivity index (χ3n) is 2.26. The Bertz CT molecular complexity index is 481. The summed E-state index contributed by atoms with van der Waals surface area (Å²) >= 11 is 0. The van der Waals surface area contributed by atoms with Crippen LogP contribution in [-0.4, -0.2) is 13.1 Å². The lowest BCUT2D eigenvalue weighted by molar-refractivity contribution is 0.0600. The predicted octanol–water partition coefficient (Wildman–Crippen LogP) is 1.74. The van der Waals surface area contributed by atoms with Gasteiger partial charge in [-0.2, -0.15) is 5.26 Å². The largest absolute Gasteiger partial charge is 0.465 e. The minimum Gasteiger partial charge on any atom is -0.465 e. The van der Waals surface area contributed by atoms with Gasteiger partial charge in [0.2, 0.25) is 0 Å². The topological polar surface area (TPSA) is 76.1 Å². The SMILES string of the molecule is COC(=O)c1cc(CN)c(C(F)F)cc1C#N. The summed E-state index contributed by atoms with van der Waals surface area (Å²) in [6, 6.07) is 3.83. The lowest BCUT2D eigenvalue weighted by Crippen LogP contribution is -2.10. The van der Waals surface area contributed by atoms with Gasteiger partial charge >= 0.3 is 5.97 Å². The average molecular weight is 240 g/mol. The Morgan fingerprint density at radius 3 is 2.65 bits per heavy atom. The van der Waals surface area contributed by atoms with E-state index in [2.05, 4.69) is 4.74 Å². The molecule has 0 saturated heterocycles. The number of benzene rings is 1. The van der Waals surface area contributed by atoms with E-state index in [1.54, 1.807) is 6.07 Å². The number of carbonyl (C=O) groups excluding carboxylic acids is 1. The molecule has 1 aromatic rings. The lowest BCUT2D eigenvalue weighted by Gasteiger charge is -2.10. The van der Waals surface area contributed by atoms with Crippen molar-refractivity contribution in [2.45, 2.75) is 13.0 Å². The summed E-state index contributed by atoms with van der Waals surface area (Å²) in [5.41, 5.74) is 4.91. The molecule has 0 bridgehead atoms. The maximum absolute atomic E-state index is 12.7. The molecule has 0 unspecified atom stereocenters. The first-order valence-corrected chi connectivity index (χ1v) is 4.68. The molecule has 0 aliphatic heterocycles. The molecule has 0 amide bonds. The third-order valence-corrected chi connectivity index (χ3v) is 2.26. The fourth-order valence-corrected chi connectivity index (χ4v) is 1.41. The highest BCUT2D eigenvalue weighted by Crippen LogP contribution is 2.26. The fourth-order valence-electron chi connectivity index (χ4n) is 1.41. The zero-order valence-electron chi connectivity index (χ0n) is 9.04. The van der Waals surface area contributed by atoms with E-state index < -0.39 is 12.4 Å². The van der Waals surface area contributed by atoms with Gasteiger partial charge in [0.15, 0.2) is 0 Å². The molecular weight excluding hydrogens is 230 g/mol. The molecule has 0 aliphatic carbocycles. The number of nitriles is 1. The van der Waals surface area contributed by atoms with Gasteiger partial charge in [-0.25, -0.2) is 13.6 Å². The Morgan fingerprint density at radius 2 is 2.24 bits per heavy atom. The number of methoxy groups -OCH3 is 1. The first-order chi connectivity index (χ1) is 8.04. The molecule has 2 N–H and O–H groups in total. The van der Waals surface area contributed by atoms with Gasteiger partial charge in [-0.3, -0.25) is 0 Å². The number of alkyl halides is 2. The number of esters is 1. The predicted molar refractivity (Wildman–Crippen MR) is 55.3 cm³/mol. The number of hydrogen-bond acceptors (Lipinski definition) is 4. The minimum atomic E-state index is -2.74. The molecule has 0 aromatic heterocycles. The summed E-state index contributed by atoms with van der Waals surface area (Å²) in [5.74, 6) is -0.753. The van der Waals surface area contributed by atoms with Gasteiger partial charge in [0.05, 0.1) is 18.2 Å². The van der Waals surface area contributed by atoms with Crippen LogP contribution in [0.3, 0.4) is 0 Å². The summed E-state index contributed by atoms with van der Waals surface area (Å²) in [6.07, 6.45) is -2.74. The first-order valence-electron chi connectivity index (χ1n) is 4.68. The Hall–Kier alpha value is -2.00.